The zero-order valence-electron chi connectivity index (χ0n) is 13.8. The SMILES string of the molecule is CCOC(=O)CC=Cc1ccc(NC(=O)OC(C)(C)C)c(F)c1. The lowest BCUT2D eigenvalue weighted by Crippen LogP contribution is -2.27. The van der Waals surface area contributed by atoms with Crippen molar-refractivity contribution in [3.05, 3.63) is 35.7 Å². The molecule has 0 spiro atoms. The maximum Gasteiger partial charge on any atom is 0.412 e. The number of ether oxygens (including phenoxy) is 2. The summed E-state index contributed by atoms with van der Waals surface area (Å²) >= 11 is 0. The number of anilines is 1. The number of hydrogen-bond acceptors (Lipinski definition) is 4. The second-order valence-electron chi connectivity index (χ2n) is 5.78. The fourth-order valence-corrected chi connectivity index (χ4v) is 1.66. The molecule has 23 heavy (non-hydrogen) atoms. The van der Waals surface area contributed by atoms with E-state index in [9.17, 15) is 14.0 Å². The zero-order valence-corrected chi connectivity index (χ0v) is 13.8. The van der Waals surface area contributed by atoms with Crippen molar-refractivity contribution >= 4 is 23.8 Å². The smallest absolute Gasteiger partial charge is 0.412 e. The second kappa shape index (κ2) is 8.31. The lowest BCUT2D eigenvalue weighted by Gasteiger charge is -2.19. The monoisotopic (exact) mass is 323 g/mol. The van der Waals surface area contributed by atoms with E-state index >= 15 is 0 Å². The minimum Gasteiger partial charge on any atom is -0.466 e. The van der Waals surface area contributed by atoms with E-state index in [0.717, 1.165) is 0 Å². The van der Waals surface area contributed by atoms with Crippen LogP contribution in [0.1, 0.15) is 39.7 Å². The summed E-state index contributed by atoms with van der Waals surface area (Å²) in [4.78, 5) is 22.8. The first kappa shape index (κ1) is 18.7. The van der Waals surface area contributed by atoms with Crippen LogP contribution in [0.5, 0.6) is 0 Å². The number of amides is 1. The minimum atomic E-state index is -0.720. The van der Waals surface area contributed by atoms with Crippen molar-refractivity contribution in [2.24, 2.45) is 0 Å². The van der Waals surface area contributed by atoms with E-state index in [1.54, 1.807) is 45.9 Å². The van der Waals surface area contributed by atoms with E-state index in [2.05, 4.69) is 5.32 Å². The average molecular weight is 323 g/mol. The van der Waals surface area contributed by atoms with Crippen LogP contribution in [-0.2, 0) is 14.3 Å². The number of rotatable bonds is 5. The molecule has 0 aliphatic heterocycles. The minimum absolute atomic E-state index is 0.0294. The van der Waals surface area contributed by atoms with Crippen molar-refractivity contribution in [3.63, 3.8) is 0 Å². The third kappa shape index (κ3) is 7.44. The van der Waals surface area contributed by atoms with Crippen LogP contribution in [-0.4, -0.2) is 24.3 Å². The molecule has 0 saturated heterocycles. The summed E-state index contributed by atoms with van der Waals surface area (Å²) in [5.41, 5.74) is -0.0561. The number of carbonyl (C=O) groups is 2. The standard InChI is InChI=1S/C17H22FNO4/c1-5-22-15(20)8-6-7-12-9-10-14(13(18)11-12)19-16(21)23-17(2,3)4/h6-7,9-11H,5,8H2,1-4H3,(H,19,21). The molecule has 126 valence electrons. The Bertz CT molecular complexity index is 591. The topological polar surface area (TPSA) is 64.6 Å². The Morgan fingerprint density at radius 3 is 2.57 bits per heavy atom. The molecule has 0 radical (unpaired) electrons. The highest BCUT2D eigenvalue weighted by molar-refractivity contribution is 5.85. The number of hydrogen-bond donors (Lipinski definition) is 1. The number of carbonyl (C=O) groups excluding carboxylic acids is 2. The Balaban J connectivity index is 2.66. The van der Waals surface area contributed by atoms with E-state index in [-0.39, 0.29) is 18.1 Å². The number of halogens is 1. The van der Waals surface area contributed by atoms with Gasteiger partial charge in [-0.15, -0.1) is 0 Å². The van der Waals surface area contributed by atoms with Crippen molar-refractivity contribution in [1.82, 2.24) is 0 Å². The Kier molecular flexibility index (Phi) is 6.75. The van der Waals surface area contributed by atoms with Crippen molar-refractivity contribution < 1.29 is 23.5 Å². The molecule has 1 rings (SSSR count). The van der Waals surface area contributed by atoms with Crippen LogP contribution in [0, 0.1) is 5.82 Å². The third-order valence-corrected chi connectivity index (χ3v) is 2.53. The van der Waals surface area contributed by atoms with Gasteiger partial charge in [-0.3, -0.25) is 10.1 Å². The predicted octanol–water partition coefficient (Wildman–Crippen LogP) is 4.14. The van der Waals surface area contributed by atoms with Crippen LogP contribution in [0.25, 0.3) is 6.08 Å². The summed E-state index contributed by atoms with van der Waals surface area (Å²) in [5, 5.41) is 2.35. The molecule has 1 N–H and O–H groups in total. The lowest BCUT2D eigenvalue weighted by atomic mass is 10.1. The number of esters is 1. The summed E-state index contributed by atoms with van der Waals surface area (Å²) in [6.07, 6.45) is 2.60. The maximum absolute atomic E-state index is 14.0. The average Bonchev–Trinajstić information content (AvgIpc) is 2.40. The van der Waals surface area contributed by atoms with E-state index in [4.69, 9.17) is 9.47 Å². The van der Waals surface area contributed by atoms with Gasteiger partial charge in [0.15, 0.2) is 0 Å². The Labute approximate surface area is 135 Å². The van der Waals surface area contributed by atoms with Gasteiger partial charge in [-0.25, -0.2) is 9.18 Å². The van der Waals surface area contributed by atoms with Crippen molar-refractivity contribution in [3.8, 4) is 0 Å². The van der Waals surface area contributed by atoms with Crippen molar-refractivity contribution in [2.45, 2.75) is 39.7 Å². The van der Waals surface area contributed by atoms with Gasteiger partial charge < -0.3 is 9.47 Å². The first-order valence-electron chi connectivity index (χ1n) is 7.33. The van der Waals surface area contributed by atoms with Gasteiger partial charge in [0, 0.05) is 0 Å². The number of benzene rings is 1. The molecule has 0 atom stereocenters. The van der Waals surface area contributed by atoms with E-state index in [1.165, 1.54) is 12.1 Å². The van der Waals surface area contributed by atoms with Gasteiger partial charge in [0.2, 0.25) is 0 Å². The highest BCUT2D eigenvalue weighted by atomic mass is 19.1. The van der Waals surface area contributed by atoms with Gasteiger partial charge in [0.1, 0.15) is 11.4 Å². The Morgan fingerprint density at radius 2 is 2.00 bits per heavy atom. The van der Waals surface area contributed by atoms with Gasteiger partial charge in [0.25, 0.3) is 0 Å². The van der Waals surface area contributed by atoms with Crippen LogP contribution < -0.4 is 5.32 Å². The molecular weight excluding hydrogens is 301 g/mol. The normalized spacial score (nSPS) is 11.3. The Morgan fingerprint density at radius 1 is 1.30 bits per heavy atom. The maximum atomic E-state index is 14.0. The first-order valence-corrected chi connectivity index (χ1v) is 7.33. The summed E-state index contributed by atoms with van der Waals surface area (Å²) in [6, 6.07) is 4.31. The van der Waals surface area contributed by atoms with Crippen LogP contribution in [0.15, 0.2) is 24.3 Å². The Hall–Kier alpha value is -2.37. The summed E-state index contributed by atoms with van der Waals surface area (Å²) in [7, 11) is 0. The fourth-order valence-electron chi connectivity index (χ4n) is 1.66. The molecule has 0 aliphatic carbocycles. The molecule has 0 bridgehead atoms. The van der Waals surface area contributed by atoms with E-state index < -0.39 is 17.5 Å². The largest absolute Gasteiger partial charge is 0.466 e. The molecule has 1 amide bonds. The van der Waals surface area contributed by atoms with E-state index in [0.29, 0.717) is 12.2 Å². The quantitative estimate of drug-likeness (QED) is 0.827. The van der Waals surface area contributed by atoms with Crippen molar-refractivity contribution in [2.75, 3.05) is 11.9 Å². The molecule has 0 aliphatic rings. The summed E-state index contributed by atoms with van der Waals surface area (Å²) < 4.78 is 23.8. The van der Waals surface area contributed by atoms with Crippen molar-refractivity contribution in [1.29, 1.82) is 0 Å². The summed E-state index contributed by atoms with van der Waals surface area (Å²) in [6.45, 7) is 7.22. The van der Waals surface area contributed by atoms with Gasteiger partial charge in [0.05, 0.1) is 18.7 Å². The van der Waals surface area contributed by atoms with E-state index in [1.807, 2.05) is 0 Å². The number of nitrogens with one attached hydrogen (secondary N) is 1. The first-order chi connectivity index (χ1) is 10.7. The molecule has 5 nitrogen and oxygen atoms in total. The molecule has 0 saturated carbocycles. The van der Waals surface area contributed by atoms with Gasteiger partial charge in [-0.2, -0.15) is 0 Å². The van der Waals surface area contributed by atoms with Crippen LogP contribution >= 0.6 is 0 Å². The van der Waals surface area contributed by atoms with Gasteiger partial charge >= 0.3 is 12.1 Å². The van der Waals surface area contributed by atoms with Gasteiger partial charge in [-0.1, -0.05) is 18.2 Å². The molecular formula is C17H22FNO4. The van der Waals surface area contributed by atoms with Crippen LogP contribution in [0.4, 0.5) is 14.9 Å². The predicted molar refractivity (Wildman–Crippen MR) is 86.5 cm³/mol. The molecule has 0 heterocycles. The highest BCUT2D eigenvalue weighted by Crippen LogP contribution is 2.18. The zero-order chi connectivity index (χ0) is 17.5. The molecule has 0 fully saturated rings. The lowest BCUT2D eigenvalue weighted by molar-refractivity contribution is -0.142. The fraction of sp³-hybridized carbons (Fsp3) is 0.412. The third-order valence-electron chi connectivity index (χ3n) is 2.53. The highest BCUT2D eigenvalue weighted by Gasteiger charge is 2.17. The molecule has 1 aromatic carbocycles. The summed E-state index contributed by atoms with van der Waals surface area (Å²) in [5.74, 6) is -0.929. The second-order valence-corrected chi connectivity index (χ2v) is 5.78. The molecule has 0 aromatic heterocycles. The molecule has 1 aromatic rings. The van der Waals surface area contributed by atoms with Gasteiger partial charge in [-0.05, 0) is 45.4 Å². The van der Waals surface area contributed by atoms with Crippen LogP contribution in [0.3, 0.4) is 0 Å². The molecule has 0 unspecified atom stereocenters. The van der Waals surface area contributed by atoms with Crippen LogP contribution in [0.2, 0.25) is 0 Å². The molecule has 6 heteroatoms.